The summed E-state index contributed by atoms with van der Waals surface area (Å²) in [6, 6.07) is 1.99. The molecule has 1 rings (SSSR count). The highest BCUT2D eigenvalue weighted by Gasteiger charge is 1.95. The van der Waals surface area contributed by atoms with Crippen LogP contribution in [0.2, 0.25) is 0 Å². The zero-order valence-corrected chi connectivity index (χ0v) is 9.73. The lowest BCUT2D eigenvalue weighted by atomic mass is 10.3. The molecule has 1 heterocycles. The van der Waals surface area contributed by atoms with Crippen molar-refractivity contribution in [3.63, 3.8) is 0 Å². The van der Waals surface area contributed by atoms with Crippen LogP contribution >= 0.6 is 11.8 Å². The molecule has 0 aliphatic carbocycles. The van der Waals surface area contributed by atoms with Crippen molar-refractivity contribution in [3.05, 3.63) is 18.0 Å². The molecule has 14 heavy (non-hydrogen) atoms. The molecule has 0 spiro atoms. The monoisotopic (exact) mass is 213 g/mol. The van der Waals surface area contributed by atoms with Crippen LogP contribution < -0.4 is 5.32 Å². The van der Waals surface area contributed by atoms with E-state index >= 15 is 0 Å². The Kier molecular flexibility index (Phi) is 5.71. The Hall–Kier alpha value is -0.480. The summed E-state index contributed by atoms with van der Waals surface area (Å²) in [5.74, 6) is 3.24. The Bertz CT molecular complexity index is 221. The maximum atomic E-state index is 3.89. The van der Waals surface area contributed by atoms with Crippen LogP contribution in [0.1, 0.15) is 19.5 Å². The van der Waals surface area contributed by atoms with Crippen molar-refractivity contribution in [1.29, 1.82) is 0 Å². The van der Waals surface area contributed by atoms with Gasteiger partial charge in [-0.25, -0.2) is 0 Å². The fourth-order valence-electron chi connectivity index (χ4n) is 1.07. The lowest BCUT2D eigenvalue weighted by molar-refractivity contribution is 0.709. The van der Waals surface area contributed by atoms with E-state index in [-0.39, 0.29) is 0 Å². The van der Waals surface area contributed by atoms with E-state index in [0.29, 0.717) is 0 Å². The molecule has 0 saturated carbocycles. The van der Waals surface area contributed by atoms with E-state index in [4.69, 9.17) is 0 Å². The van der Waals surface area contributed by atoms with E-state index in [1.165, 1.54) is 11.5 Å². The van der Waals surface area contributed by atoms with Crippen molar-refractivity contribution in [2.75, 3.05) is 18.1 Å². The third kappa shape index (κ3) is 5.29. The van der Waals surface area contributed by atoms with Crippen LogP contribution in [0.15, 0.2) is 12.3 Å². The van der Waals surface area contributed by atoms with Crippen LogP contribution in [0.3, 0.4) is 0 Å². The number of nitrogens with zero attached hydrogens (tertiary/aromatic N) is 1. The molecule has 0 radical (unpaired) electrons. The third-order valence-electron chi connectivity index (χ3n) is 1.75. The Morgan fingerprint density at radius 2 is 2.43 bits per heavy atom. The molecule has 0 aromatic carbocycles. The number of aromatic amines is 1. The minimum atomic E-state index is 0.799. The molecule has 80 valence electrons. The van der Waals surface area contributed by atoms with Gasteiger partial charge in [-0.1, -0.05) is 13.8 Å². The van der Waals surface area contributed by atoms with Crippen molar-refractivity contribution in [2.45, 2.75) is 20.4 Å². The maximum Gasteiger partial charge on any atom is 0.0490 e. The number of thioether (sulfide) groups is 1. The van der Waals surface area contributed by atoms with Gasteiger partial charge in [-0.2, -0.15) is 16.9 Å². The van der Waals surface area contributed by atoms with Crippen molar-refractivity contribution < 1.29 is 0 Å². The molecular weight excluding hydrogens is 194 g/mol. The molecule has 0 amide bonds. The highest BCUT2D eigenvalue weighted by atomic mass is 32.2. The normalized spacial score (nSPS) is 11.1. The minimum Gasteiger partial charge on any atom is -0.310 e. The SMILES string of the molecule is CC(C)CSCCNCc1ccn[nH]1. The fourth-order valence-corrected chi connectivity index (χ4v) is 2.00. The smallest absolute Gasteiger partial charge is 0.0490 e. The Labute approximate surface area is 90.1 Å². The first-order chi connectivity index (χ1) is 6.79. The summed E-state index contributed by atoms with van der Waals surface area (Å²) in [6.07, 6.45) is 1.78. The topological polar surface area (TPSA) is 40.7 Å². The molecule has 0 saturated heterocycles. The van der Waals surface area contributed by atoms with Crippen LogP contribution in [0.4, 0.5) is 0 Å². The number of rotatable bonds is 7. The Morgan fingerprint density at radius 3 is 3.07 bits per heavy atom. The number of nitrogens with one attached hydrogen (secondary N) is 2. The number of hydrogen-bond acceptors (Lipinski definition) is 3. The van der Waals surface area contributed by atoms with Crippen molar-refractivity contribution in [2.24, 2.45) is 5.92 Å². The maximum absolute atomic E-state index is 3.89. The Balaban J connectivity index is 1.90. The summed E-state index contributed by atoms with van der Waals surface area (Å²) in [7, 11) is 0. The van der Waals surface area contributed by atoms with Crippen molar-refractivity contribution in [3.8, 4) is 0 Å². The number of hydrogen-bond donors (Lipinski definition) is 2. The summed E-state index contributed by atoms with van der Waals surface area (Å²) in [5, 5.41) is 10.2. The van der Waals surface area contributed by atoms with Gasteiger partial charge in [0.05, 0.1) is 0 Å². The molecule has 0 aliphatic heterocycles. The molecule has 4 heteroatoms. The predicted molar refractivity (Wildman–Crippen MR) is 62.5 cm³/mol. The molecule has 3 nitrogen and oxygen atoms in total. The predicted octanol–water partition coefficient (Wildman–Crippen LogP) is 1.89. The van der Waals surface area contributed by atoms with Crippen LogP contribution in [-0.2, 0) is 6.54 Å². The average Bonchev–Trinajstić information content (AvgIpc) is 2.63. The Morgan fingerprint density at radius 1 is 1.57 bits per heavy atom. The summed E-state index contributed by atoms with van der Waals surface area (Å²) in [4.78, 5) is 0. The summed E-state index contributed by atoms with van der Waals surface area (Å²) >= 11 is 2.01. The van der Waals surface area contributed by atoms with Gasteiger partial charge in [-0.05, 0) is 17.7 Å². The fraction of sp³-hybridized carbons (Fsp3) is 0.700. The van der Waals surface area contributed by atoms with Crippen molar-refractivity contribution >= 4 is 11.8 Å². The zero-order chi connectivity index (χ0) is 10.2. The summed E-state index contributed by atoms with van der Waals surface area (Å²) in [5.41, 5.74) is 1.15. The number of aromatic nitrogens is 2. The first kappa shape index (κ1) is 11.6. The average molecular weight is 213 g/mol. The van der Waals surface area contributed by atoms with Crippen molar-refractivity contribution in [1.82, 2.24) is 15.5 Å². The van der Waals surface area contributed by atoms with E-state index in [2.05, 4.69) is 29.4 Å². The van der Waals surface area contributed by atoms with Gasteiger partial charge in [0.15, 0.2) is 0 Å². The molecule has 0 unspecified atom stereocenters. The van der Waals surface area contributed by atoms with Gasteiger partial charge < -0.3 is 5.32 Å². The van der Waals surface area contributed by atoms with Gasteiger partial charge in [0.25, 0.3) is 0 Å². The lowest BCUT2D eigenvalue weighted by Crippen LogP contribution is -2.17. The van der Waals surface area contributed by atoms with Gasteiger partial charge in [0, 0.05) is 30.7 Å². The zero-order valence-electron chi connectivity index (χ0n) is 8.92. The molecule has 0 aliphatic rings. The molecule has 0 bridgehead atoms. The minimum absolute atomic E-state index is 0.799. The van der Waals surface area contributed by atoms with Gasteiger partial charge in [0.1, 0.15) is 0 Å². The van der Waals surface area contributed by atoms with E-state index in [0.717, 1.165) is 24.7 Å². The second-order valence-corrected chi connectivity index (χ2v) is 4.88. The van der Waals surface area contributed by atoms with Crippen LogP contribution in [0.5, 0.6) is 0 Å². The summed E-state index contributed by atoms with van der Waals surface area (Å²) in [6.45, 7) is 6.47. The third-order valence-corrected chi connectivity index (χ3v) is 3.14. The van der Waals surface area contributed by atoms with Crippen LogP contribution in [0.25, 0.3) is 0 Å². The summed E-state index contributed by atoms with van der Waals surface area (Å²) < 4.78 is 0. The highest BCUT2D eigenvalue weighted by molar-refractivity contribution is 7.99. The second kappa shape index (κ2) is 6.90. The largest absolute Gasteiger partial charge is 0.310 e. The van der Waals surface area contributed by atoms with Gasteiger partial charge >= 0.3 is 0 Å². The molecule has 1 aromatic heterocycles. The molecule has 2 N–H and O–H groups in total. The van der Waals surface area contributed by atoms with E-state index in [1.807, 2.05) is 17.8 Å². The van der Waals surface area contributed by atoms with Gasteiger partial charge in [0.2, 0.25) is 0 Å². The van der Waals surface area contributed by atoms with Crippen LogP contribution in [-0.4, -0.2) is 28.2 Å². The molecule has 1 aromatic rings. The molecule has 0 atom stereocenters. The van der Waals surface area contributed by atoms with E-state index < -0.39 is 0 Å². The standard InChI is InChI=1S/C10H19N3S/c1-9(2)8-14-6-5-11-7-10-3-4-12-13-10/h3-4,9,11H,5-8H2,1-2H3,(H,12,13). The second-order valence-electron chi connectivity index (χ2n) is 3.73. The van der Waals surface area contributed by atoms with Gasteiger partial charge in [-0.15, -0.1) is 0 Å². The number of H-pyrrole nitrogens is 1. The highest BCUT2D eigenvalue weighted by Crippen LogP contribution is 2.05. The van der Waals surface area contributed by atoms with E-state index in [1.54, 1.807) is 6.20 Å². The quantitative estimate of drug-likeness (QED) is 0.680. The van der Waals surface area contributed by atoms with Gasteiger partial charge in [-0.3, -0.25) is 5.10 Å². The van der Waals surface area contributed by atoms with E-state index in [9.17, 15) is 0 Å². The first-order valence-corrected chi connectivity index (χ1v) is 6.21. The van der Waals surface area contributed by atoms with Crippen LogP contribution in [0, 0.1) is 5.92 Å². The lowest BCUT2D eigenvalue weighted by Gasteiger charge is -2.05. The first-order valence-electron chi connectivity index (χ1n) is 5.05. The molecule has 0 fully saturated rings. The molecular formula is C10H19N3S.